The lowest BCUT2D eigenvalue weighted by molar-refractivity contribution is -0.384. The van der Waals surface area contributed by atoms with Gasteiger partial charge in [-0.2, -0.15) is 0 Å². The van der Waals surface area contributed by atoms with Gasteiger partial charge in [-0.15, -0.1) is 0 Å². The third-order valence-electron chi connectivity index (χ3n) is 14.6. The van der Waals surface area contributed by atoms with E-state index in [9.17, 15) is 19.3 Å². The zero-order chi connectivity index (χ0) is 46.4. The van der Waals surface area contributed by atoms with Gasteiger partial charge in [0.15, 0.2) is 0 Å². The fourth-order valence-corrected chi connectivity index (χ4v) is 11.4. The number of pyridine rings is 1. The zero-order valence-electron chi connectivity index (χ0n) is 38.2. The Morgan fingerprint density at radius 3 is 2.57 bits per heavy atom. The fourth-order valence-electron chi connectivity index (χ4n) is 10.7. The third-order valence-corrected chi connectivity index (χ3v) is 15.3. The molecule has 1 amide bonds. The van der Waals surface area contributed by atoms with Crippen LogP contribution < -0.4 is 24.8 Å². The molecule has 4 aliphatic rings. The van der Waals surface area contributed by atoms with E-state index in [2.05, 4.69) is 85.7 Å². The molecule has 6 aromatic rings. The number of methoxy groups -OCH3 is 1. The summed E-state index contributed by atoms with van der Waals surface area (Å²) >= 11 is 0.938. The van der Waals surface area contributed by atoms with Crippen molar-refractivity contribution >= 4 is 46.0 Å². The molecule has 348 valence electrons. The molecular weight excluding hydrogens is 868 g/mol. The van der Waals surface area contributed by atoms with E-state index >= 15 is 0 Å². The highest BCUT2D eigenvalue weighted by molar-refractivity contribution is 7.98. The van der Waals surface area contributed by atoms with Crippen molar-refractivity contribution in [3.05, 3.63) is 141 Å². The number of carbonyl (C=O) groups excluding carboxylic acids is 1. The van der Waals surface area contributed by atoms with Gasteiger partial charge in [-0.25, -0.2) is 9.37 Å². The quantitative estimate of drug-likeness (QED) is 0.0414. The number of ether oxygens (including phenoxy) is 2. The summed E-state index contributed by atoms with van der Waals surface area (Å²) in [6.07, 6.45) is 9.71. The molecule has 4 N–H and O–H groups in total. The number of amides is 1. The molecule has 0 radical (unpaired) electrons. The number of aromatic nitrogens is 2. The number of rotatable bonds is 14. The van der Waals surface area contributed by atoms with Crippen LogP contribution in [0.25, 0.3) is 11.0 Å². The lowest BCUT2D eigenvalue weighted by atomic mass is 9.59. The highest BCUT2D eigenvalue weighted by Gasteiger charge is 2.50. The van der Waals surface area contributed by atoms with Crippen molar-refractivity contribution in [1.29, 1.82) is 0 Å². The second kappa shape index (κ2) is 18.5. The van der Waals surface area contributed by atoms with Crippen molar-refractivity contribution in [3.63, 3.8) is 0 Å². The highest BCUT2D eigenvalue weighted by Crippen LogP contribution is 2.54. The summed E-state index contributed by atoms with van der Waals surface area (Å²) in [5, 5.41) is 11.8. The second-order valence-corrected chi connectivity index (χ2v) is 20.0. The number of halogens is 1. The van der Waals surface area contributed by atoms with E-state index < -0.39 is 16.6 Å². The molecule has 1 spiro atoms. The molecule has 4 aromatic carbocycles. The van der Waals surface area contributed by atoms with E-state index in [0.717, 1.165) is 75.5 Å². The number of fused-ring (bicyclic) bond motifs is 1. The number of hydrogen-bond acceptors (Lipinski definition) is 11. The molecule has 2 aliphatic carbocycles. The van der Waals surface area contributed by atoms with Crippen LogP contribution in [0, 0.1) is 21.3 Å². The van der Waals surface area contributed by atoms with Crippen molar-refractivity contribution in [2.45, 2.75) is 87.7 Å². The lowest BCUT2D eigenvalue weighted by Gasteiger charge is -2.58. The predicted octanol–water partition coefficient (Wildman–Crippen LogP) is 10.7. The first-order valence-electron chi connectivity index (χ1n) is 23.4. The molecule has 2 aromatic heterocycles. The van der Waals surface area contributed by atoms with Gasteiger partial charge in [0.2, 0.25) is 0 Å². The van der Waals surface area contributed by atoms with Crippen molar-refractivity contribution in [3.8, 4) is 17.2 Å². The summed E-state index contributed by atoms with van der Waals surface area (Å²) in [7, 11) is 1.80. The Morgan fingerprint density at radius 1 is 1.00 bits per heavy atom. The highest BCUT2D eigenvalue weighted by atomic mass is 32.2. The maximum Gasteiger partial charge on any atom is 0.293 e. The Bertz CT molecular complexity index is 2820. The van der Waals surface area contributed by atoms with Crippen LogP contribution in [0.4, 0.5) is 21.5 Å². The van der Waals surface area contributed by atoms with Crippen molar-refractivity contribution in [2.24, 2.45) is 5.41 Å². The number of H-pyrrole nitrogens is 1. The number of nitro groups is 1. The molecule has 4 fully saturated rings. The van der Waals surface area contributed by atoms with Gasteiger partial charge in [0.25, 0.3) is 11.6 Å². The smallest absolute Gasteiger partial charge is 0.293 e. The Balaban J connectivity index is 0.833. The topological polar surface area (TPSA) is 155 Å². The van der Waals surface area contributed by atoms with Gasteiger partial charge in [-0.05, 0) is 126 Å². The normalized spacial score (nSPS) is 18.9. The number of nitrogens with two attached hydrogens (primary N) is 1. The standard InChI is InChI=1S/C52H57FN8O5S/c1-32(2)39-6-4-5-7-41(39)47-31-58(30-33-8-13-40(34-9-10-34)48(22-33)65-3)20-21-60(47)36-26-52(27-36)16-18-59(19-17-52)35-11-14-42(51(62)57-67-38-12-15-45(54)46(25-38)61(63)64)49(23-35)66-37-24-43-44(53)29-56-50(43)55-28-37/h4-8,11-15,22-25,28-29,32,34,36,47H,9-10,16-21,26-27,30-31,54H2,1-3H3,(H,55,56)(H,57,62). The number of benzene rings is 4. The molecule has 4 heterocycles. The molecule has 0 bridgehead atoms. The summed E-state index contributed by atoms with van der Waals surface area (Å²) in [6, 6.07) is 28.2. The van der Waals surface area contributed by atoms with Crippen LogP contribution in [0.3, 0.4) is 0 Å². The van der Waals surface area contributed by atoms with E-state index in [1.807, 2.05) is 12.1 Å². The van der Waals surface area contributed by atoms with Crippen molar-refractivity contribution < 1.29 is 23.6 Å². The Kier molecular flexibility index (Phi) is 12.3. The number of carbonyl (C=O) groups is 1. The number of nitrogens with one attached hydrogen (secondary N) is 2. The molecule has 1 unspecified atom stereocenters. The van der Waals surface area contributed by atoms with Crippen LogP contribution in [0.5, 0.6) is 17.2 Å². The first kappa shape index (κ1) is 44.7. The monoisotopic (exact) mass is 924 g/mol. The van der Waals surface area contributed by atoms with Crippen molar-refractivity contribution in [2.75, 3.05) is 50.5 Å². The van der Waals surface area contributed by atoms with Crippen LogP contribution in [0.15, 0.2) is 102 Å². The van der Waals surface area contributed by atoms with Gasteiger partial charge in [-0.1, -0.05) is 50.2 Å². The van der Waals surface area contributed by atoms with Crippen LogP contribution in [-0.2, 0) is 6.54 Å². The number of anilines is 2. The summed E-state index contributed by atoms with van der Waals surface area (Å²) in [6.45, 7) is 10.3. The van der Waals surface area contributed by atoms with E-state index in [0.29, 0.717) is 34.5 Å². The average Bonchev–Trinajstić information content (AvgIpc) is 4.11. The summed E-state index contributed by atoms with van der Waals surface area (Å²) in [4.78, 5) is 40.1. The average molecular weight is 925 g/mol. The van der Waals surface area contributed by atoms with E-state index in [4.69, 9.17) is 15.2 Å². The maximum atomic E-state index is 14.6. The third kappa shape index (κ3) is 9.28. The zero-order valence-corrected chi connectivity index (χ0v) is 39.0. The number of nitrogens with zero attached hydrogens (tertiary/aromatic N) is 5. The van der Waals surface area contributed by atoms with Gasteiger partial charge < -0.3 is 25.1 Å². The molecule has 15 heteroatoms. The van der Waals surface area contributed by atoms with E-state index in [1.54, 1.807) is 25.3 Å². The number of hydrogen-bond donors (Lipinski definition) is 3. The number of piperazine rings is 1. The van der Waals surface area contributed by atoms with E-state index in [-0.39, 0.29) is 39.2 Å². The molecule has 2 aliphatic heterocycles. The van der Waals surface area contributed by atoms with Gasteiger partial charge in [0, 0.05) is 80.3 Å². The van der Waals surface area contributed by atoms with Gasteiger partial charge in [-0.3, -0.25) is 29.4 Å². The SMILES string of the molecule is COc1cc(CN2CCN(C3CC4(CCN(c5ccc(C(=O)NSc6ccc(N)c([N+](=O)[O-])c6)c(Oc6cnc7[nH]cc(F)c7c6)c5)CC4)C3)C(c3ccccc3C(C)C)C2)ccc1C1CC1. The lowest BCUT2D eigenvalue weighted by Crippen LogP contribution is -2.60. The first-order valence-corrected chi connectivity index (χ1v) is 24.2. The minimum absolute atomic E-state index is 0.0332. The van der Waals surface area contributed by atoms with Gasteiger partial charge >= 0.3 is 0 Å². The molecule has 1 atom stereocenters. The molecular formula is C52H57FN8O5S. The first-order chi connectivity index (χ1) is 32.4. The summed E-state index contributed by atoms with van der Waals surface area (Å²) in [5.41, 5.74) is 12.9. The molecule has 67 heavy (non-hydrogen) atoms. The predicted molar refractivity (Wildman–Crippen MR) is 261 cm³/mol. The molecule has 2 saturated heterocycles. The van der Waals surface area contributed by atoms with Crippen LogP contribution >= 0.6 is 11.9 Å². The number of nitro benzene ring substituents is 1. The largest absolute Gasteiger partial charge is 0.496 e. The Morgan fingerprint density at radius 2 is 1.81 bits per heavy atom. The number of piperidine rings is 1. The van der Waals surface area contributed by atoms with Crippen LogP contribution in [0.1, 0.15) is 103 Å². The van der Waals surface area contributed by atoms with Gasteiger partial charge in [0.1, 0.15) is 34.4 Å². The molecule has 10 rings (SSSR count). The molecule has 2 saturated carbocycles. The fraction of sp³-hybridized carbons (Fsp3) is 0.385. The minimum atomic E-state index is -0.560. The Hall–Kier alpha value is -6.16. The maximum absolute atomic E-state index is 14.6. The van der Waals surface area contributed by atoms with Gasteiger partial charge in [0.05, 0.1) is 29.2 Å². The van der Waals surface area contributed by atoms with Crippen LogP contribution in [-0.4, -0.2) is 76.5 Å². The second-order valence-electron chi connectivity index (χ2n) is 19.2. The summed E-state index contributed by atoms with van der Waals surface area (Å²) in [5.74, 6) is 1.74. The summed E-state index contributed by atoms with van der Waals surface area (Å²) < 4.78 is 29.6. The van der Waals surface area contributed by atoms with Crippen molar-refractivity contribution in [1.82, 2.24) is 24.5 Å². The molecule has 13 nitrogen and oxygen atoms in total. The number of aromatic amines is 1. The van der Waals surface area contributed by atoms with E-state index in [1.165, 1.54) is 72.5 Å². The Labute approximate surface area is 394 Å². The number of nitrogen functional groups attached to an aromatic ring is 1. The van der Waals surface area contributed by atoms with Crippen LogP contribution in [0.2, 0.25) is 0 Å². The minimum Gasteiger partial charge on any atom is -0.496 e.